The molecular formula is C14H30N2. The molecule has 1 aliphatic heterocycles. The van der Waals surface area contributed by atoms with E-state index in [0.717, 1.165) is 6.54 Å². The normalized spacial score (nSPS) is 26.1. The largest absolute Gasteiger partial charge is 0.326 e. The van der Waals surface area contributed by atoms with Gasteiger partial charge < -0.3 is 10.6 Å². The van der Waals surface area contributed by atoms with E-state index in [1.807, 2.05) is 0 Å². The molecular weight excluding hydrogens is 196 g/mol. The number of hydrogen-bond acceptors (Lipinski definition) is 2. The van der Waals surface area contributed by atoms with Crippen molar-refractivity contribution < 1.29 is 0 Å². The summed E-state index contributed by atoms with van der Waals surface area (Å²) in [7, 11) is 0. The monoisotopic (exact) mass is 226 g/mol. The van der Waals surface area contributed by atoms with Gasteiger partial charge >= 0.3 is 0 Å². The lowest BCUT2D eigenvalue weighted by atomic mass is 9.85. The minimum Gasteiger partial charge on any atom is -0.326 e. The Morgan fingerprint density at radius 2 is 1.94 bits per heavy atom. The lowest BCUT2D eigenvalue weighted by Gasteiger charge is -2.28. The quantitative estimate of drug-likeness (QED) is 0.798. The van der Waals surface area contributed by atoms with Gasteiger partial charge in [0.05, 0.1) is 0 Å². The van der Waals surface area contributed by atoms with Crippen molar-refractivity contribution in [3.8, 4) is 0 Å². The summed E-state index contributed by atoms with van der Waals surface area (Å²) < 4.78 is 0. The standard InChI is InChI=1S/C14H30N2/c1-5-12(2)13(15)11-16-9-6-7-14(3,4)8-10-16/h12-13H,5-11,15H2,1-4H3. The Bertz CT molecular complexity index is 201. The highest BCUT2D eigenvalue weighted by molar-refractivity contribution is 4.79. The Balaban J connectivity index is 2.38. The fourth-order valence-corrected chi connectivity index (χ4v) is 2.44. The van der Waals surface area contributed by atoms with Crippen LogP contribution in [0.5, 0.6) is 0 Å². The molecule has 1 saturated heterocycles. The Morgan fingerprint density at radius 3 is 2.56 bits per heavy atom. The molecule has 96 valence electrons. The van der Waals surface area contributed by atoms with Crippen molar-refractivity contribution >= 4 is 0 Å². The highest BCUT2D eigenvalue weighted by Gasteiger charge is 2.24. The summed E-state index contributed by atoms with van der Waals surface area (Å²) in [6, 6.07) is 0.353. The molecule has 1 rings (SSSR count). The van der Waals surface area contributed by atoms with Crippen LogP contribution in [0.3, 0.4) is 0 Å². The molecule has 0 aromatic rings. The van der Waals surface area contributed by atoms with E-state index in [1.54, 1.807) is 0 Å². The molecule has 0 amide bonds. The predicted octanol–water partition coefficient (Wildman–Crippen LogP) is 2.87. The van der Waals surface area contributed by atoms with E-state index < -0.39 is 0 Å². The Kier molecular flexibility index (Phi) is 5.26. The van der Waals surface area contributed by atoms with Gasteiger partial charge in [-0.1, -0.05) is 34.1 Å². The lowest BCUT2D eigenvalue weighted by Crippen LogP contribution is -2.41. The second-order valence-corrected chi connectivity index (χ2v) is 6.37. The average molecular weight is 226 g/mol. The number of nitrogens with two attached hydrogens (primary N) is 1. The summed E-state index contributed by atoms with van der Waals surface area (Å²) in [6.07, 6.45) is 5.21. The molecule has 0 spiro atoms. The Hall–Kier alpha value is -0.0800. The maximum atomic E-state index is 6.24. The zero-order valence-corrected chi connectivity index (χ0v) is 11.6. The molecule has 0 bridgehead atoms. The third-order valence-corrected chi connectivity index (χ3v) is 4.28. The first-order valence-electron chi connectivity index (χ1n) is 6.92. The molecule has 1 aliphatic rings. The van der Waals surface area contributed by atoms with Crippen molar-refractivity contribution in [3.63, 3.8) is 0 Å². The van der Waals surface area contributed by atoms with Gasteiger partial charge in [0.1, 0.15) is 0 Å². The SMILES string of the molecule is CCC(C)C(N)CN1CCCC(C)(C)CC1. The fourth-order valence-electron chi connectivity index (χ4n) is 2.44. The zero-order valence-electron chi connectivity index (χ0n) is 11.6. The predicted molar refractivity (Wildman–Crippen MR) is 71.5 cm³/mol. The van der Waals surface area contributed by atoms with Crippen LogP contribution >= 0.6 is 0 Å². The molecule has 2 heteroatoms. The van der Waals surface area contributed by atoms with Gasteiger partial charge in [-0.2, -0.15) is 0 Å². The second kappa shape index (κ2) is 6.02. The van der Waals surface area contributed by atoms with E-state index in [0.29, 0.717) is 17.4 Å². The van der Waals surface area contributed by atoms with E-state index in [-0.39, 0.29) is 0 Å². The van der Waals surface area contributed by atoms with Crippen LogP contribution in [0.2, 0.25) is 0 Å². The van der Waals surface area contributed by atoms with Crippen LogP contribution in [-0.2, 0) is 0 Å². The van der Waals surface area contributed by atoms with Crippen LogP contribution in [0.25, 0.3) is 0 Å². The molecule has 0 radical (unpaired) electrons. The van der Waals surface area contributed by atoms with E-state index in [2.05, 4.69) is 32.6 Å². The summed E-state index contributed by atoms with van der Waals surface area (Å²) in [6.45, 7) is 12.9. The molecule has 1 heterocycles. The smallest absolute Gasteiger partial charge is 0.0193 e. The van der Waals surface area contributed by atoms with Gasteiger partial charge in [-0.3, -0.25) is 0 Å². The first-order valence-corrected chi connectivity index (χ1v) is 6.92. The number of rotatable bonds is 4. The highest BCUT2D eigenvalue weighted by atomic mass is 15.1. The van der Waals surface area contributed by atoms with Crippen molar-refractivity contribution in [1.82, 2.24) is 4.90 Å². The summed E-state index contributed by atoms with van der Waals surface area (Å²) >= 11 is 0. The maximum Gasteiger partial charge on any atom is 0.0193 e. The van der Waals surface area contributed by atoms with Gasteiger partial charge in [-0.25, -0.2) is 0 Å². The van der Waals surface area contributed by atoms with E-state index >= 15 is 0 Å². The molecule has 2 N–H and O–H groups in total. The minimum absolute atomic E-state index is 0.353. The maximum absolute atomic E-state index is 6.24. The van der Waals surface area contributed by atoms with Crippen molar-refractivity contribution in [2.75, 3.05) is 19.6 Å². The van der Waals surface area contributed by atoms with Gasteiger partial charge in [0.15, 0.2) is 0 Å². The third-order valence-electron chi connectivity index (χ3n) is 4.28. The first kappa shape index (κ1) is 14.0. The van der Waals surface area contributed by atoms with Gasteiger partial charge in [0.25, 0.3) is 0 Å². The lowest BCUT2D eigenvalue weighted by molar-refractivity contribution is 0.228. The molecule has 0 saturated carbocycles. The molecule has 2 atom stereocenters. The van der Waals surface area contributed by atoms with Crippen LogP contribution in [0.4, 0.5) is 0 Å². The summed E-state index contributed by atoms with van der Waals surface area (Å²) in [5.74, 6) is 0.649. The molecule has 2 unspecified atom stereocenters. The summed E-state index contributed by atoms with van der Waals surface area (Å²) in [4.78, 5) is 2.57. The topological polar surface area (TPSA) is 29.3 Å². The van der Waals surface area contributed by atoms with Gasteiger partial charge in [-0.15, -0.1) is 0 Å². The third kappa shape index (κ3) is 4.42. The summed E-state index contributed by atoms with van der Waals surface area (Å²) in [5, 5.41) is 0. The van der Waals surface area contributed by atoms with Crippen LogP contribution in [0.15, 0.2) is 0 Å². The highest BCUT2D eigenvalue weighted by Crippen LogP contribution is 2.29. The van der Waals surface area contributed by atoms with Crippen molar-refractivity contribution in [2.24, 2.45) is 17.1 Å². The summed E-state index contributed by atoms with van der Waals surface area (Å²) in [5.41, 5.74) is 6.77. The number of nitrogens with zero attached hydrogens (tertiary/aromatic N) is 1. The molecule has 0 aromatic heterocycles. The van der Waals surface area contributed by atoms with Gasteiger partial charge in [0, 0.05) is 12.6 Å². The van der Waals surface area contributed by atoms with Crippen LogP contribution in [0, 0.1) is 11.3 Å². The first-order chi connectivity index (χ1) is 7.44. The van der Waals surface area contributed by atoms with Crippen molar-refractivity contribution in [2.45, 2.75) is 59.4 Å². The average Bonchev–Trinajstić information content (AvgIpc) is 2.39. The Labute approximate surface area is 102 Å². The van der Waals surface area contributed by atoms with E-state index in [1.165, 1.54) is 38.8 Å². The molecule has 2 nitrogen and oxygen atoms in total. The van der Waals surface area contributed by atoms with Crippen molar-refractivity contribution in [3.05, 3.63) is 0 Å². The molecule has 16 heavy (non-hydrogen) atoms. The number of hydrogen-bond donors (Lipinski definition) is 1. The van der Waals surface area contributed by atoms with Crippen molar-refractivity contribution in [1.29, 1.82) is 0 Å². The number of likely N-dealkylation sites (tertiary alicyclic amines) is 1. The van der Waals surface area contributed by atoms with Gasteiger partial charge in [-0.05, 0) is 43.7 Å². The Morgan fingerprint density at radius 1 is 1.25 bits per heavy atom. The van der Waals surface area contributed by atoms with Crippen LogP contribution < -0.4 is 5.73 Å². The van der Waals surface area contributed by atoms with Crippen LogP contribution in [-0.4, -0.2) is 30.6 Å². The minimum atomic E-state index is 0.353. The molecule has 0 aromatic carbocycles. The van der Waals surface area contributed by atoms with E-state index in [9.17, 15) is 0 Å². The molecule has 1 fully saturated rings. The van der Waals surface area contributed by atoms with E-state index in [4.69, 9.17) is 5.73 Å². The second-order valence-electron chi connectivity index (χ2n) is 6.37. The van der Waals surface area contributed by atoms with Crippen LogP contribution in [0.1, 0.15) is 53.4 Å². The zero-order chi connectivity index (χ0) is 12.2. The molecule has 0 aliphatic carbocycles. The fraction of sp³-hybridized carbons (Fsp3) is 1.00. The van der Waals surface area contributed by atoms with Gasteiger partial charge in [0.2, 0.25) is 0 Å².